The molecule has 4 aliphatic rings. The van der Waals surface area contributed by atoms with Crippen molar-refractivity contribution >= 4 is 54.2 Å². The van der Waals surface area contributed by atoms with E-state index in [0.29, 0.717) is 54.2 Å². The number of rotatable bonds is 18. The van der Waals surface area contributed by atoms with E-state index in [1.54, 1.807) is 12.1 Å². The average molecular weight is 1270 g/mol. The number of nitrogens with one attached hydrogen (secondary N) is 2. The van der Waals surface area contributed by atoms with Crippen molar-refractivity contribution in [2.75, 3.05) is 77.4 Å². The number of carbonyl (C=O) groups excluding carboxylic acids is 3. The Balaban J connectivity index is 0.834. The van der Waals surface area contributed by atoms with Gasteiger partial charge in [-0.3, -0.25) is 24.0 Å². The lowest BCUT2D eigenvalue weighted by Gasteiger charge is -2.43. The lowest BCUT2D eigenvalue weighted by Crippen LogP contribution is -2.67. The molecule has 21 heteroatoms. The summed E-state index contributed by atoms with van der Waals surface area (Å²) >= 11 is 0. The van der Waals surface area contributed by atoms with Crippen LogP contribution in [-0.2, 0) is 35.5 Å². The SMILES string of the molecule is C#Cc1ccc(CN(CCOC(=O)O[C@H]2C[C@H](n3cc(C#CCNC(=O)c4ccc5c(c4)C4(OC5=O)c5ccc(N(C)C)cc5Oc5cc(N(C)C)ccc54)c(=O)[nH]c3=O)O[C@@H]2CO[Si](c2ccccc2)(c2ccccc2)C(C)(C)C)CC2CCCCN2C(=O)O)cc1. The fourth-order valence-electron chi connectivity index (χ4n) is 13.0. The van der Waals surface area contributed by atoms with E-state index < -0.39 is 72.8 Å². The van der Waals surface area contributed by atoms with Gasteiger partial charge in [-0.1, -0.05) is 111 Å². The molecule has 480 valence electrons. The van der Waals surface area contributed by atoms with Gasteiger partial charge < -0.3 is 53.2 Å². The molecule has 0 radical (unpaired) electrons. The van der Waals surface area contributed by atoms with Gasteiger partial charge in [0.05, 0.1) is 18.7 Å². The van der Waals surface area contributed by atoms with Gasteiger partial charge in [0.25, 0.3) is 19.8 Å². The van der Waals surface area contributed by atoms with E-state index in [9.17, 15) is 33.9 Å². The smallest absolute Gasteiger partial charge is 0.465 e. The van der Waals surface area contributed by atoms with Crippen LogP contribution in [0.2, 0.25) is 5.04 Å². The number of anilines is 2. The second kappa shape index (κ2) is 27.1. The van der Waals surface area contributed by atoms with E-state index in [0.717, 1.165) is 45.7 Å². The standard InChI is InChI=1S/C72H75N7O13Si/c1-9-47-25-27-48(28-26-47)43-77(45-53-20-16-17-36-78(53)69(84)85)37-38-87-70(86)91-62-42-64(90-63(62)46-88-93(71(2,3)4,54-21-12-10-13-22-54)55-23-14-11-15-24-55)79-44-50(66(81)74-68(79)83)19-18-35-73-65(80)49-29-32-56-59(39-49)72(92-67(56)82)57-33-30-51(75(5)6)40-60(57)89-61-41-52(76(7)8)31-34-58(61)72/h1,10-15,21-34,39-41,44,53,62-64H,16-17,20,35-38,42-43,45-46H2,2-8H3,(H,73,80)(H,84,85)(H,74,81,83)/t53?,62-,63+,64+/m0/s1. The van der Waals surface area contributed by atoms with Crippen LogP contribution in [0.3, 0.4) is 0 Å². The van der Waals surface area contributed by atoms with Crippen LogP contribution in [0.5, 0.6) is 11.5 Å². The van der Waals surface area contributed by atoms with E-state index in [4.69, 9.17) is 34.5 Å². The summed E-state index contributed by atoms with van der Waals surface area (Å²) in [5.74, 6) is 8.19. The molecule has 1 spiro atoms. The number of H-pyrrole nitrogens is 1. The molecular weight excluding hydrogens is 1200 g/mol. The number of carboxylic acid groups (broad SMARTS) is 1. The number of piperidine rings is 1. The summed E-state index contributed by atoms with van der Waals surface area (Å²) in [6.07, 6.45) is 4.10. The van der Waals surface area contributed by atoms with E-state index in [1.807, 2.05) is 140 Å². The summed E-state index contributed by atoms with van der Waals surface area (Å²) in [4.78, 5) is 91.4. The van der Waals surface area contributed by atoms with E-state index >= 15 is 0 Å². The number of ether oxygens (including phenoxy) is 5. The molecule has 5 heterocycles. The van der Waals surface area contributed by atoms with Crippen LogP contribution in [0.25, 0.3) is 0 Å². The number of aromatic amines is 1. The summed E-state index contributed by atoms with van der Waals surface area (Å²) in [7, 11) is 4.45. The molecule has 2 saturated heterocycles. The third kappa shape index (κ3) is 13.3. The molecule has 0 bridgehead atoms. The summed E-state index contributed by atoms with van der Waals surface area (Å²) in [6.45, 7) is 7.47. The number of terminal acetylenes is 1. The zero-order chi connectivity index (χ0) is 65.8. The number of aromatic nitrogens is 2. The zero-order valence-electron chi connectivity index (χ0n) is 53.1. The molecule has 2 amide bonds. The fraction of sp³-hybridized carbons (Fsp3) is 0.333. The first-order valence-electron chi connectivity index (χ1n) is 31.0. The van der Waals surface area contributed by atoms with Crippen molar-refractivity contribution in [3.8, 4) is 35.7 Å². The maximum Gasteiger partial charge on any atom is 0.508 e. The number of amides is 2. The van der Waals surface area contributed by atoms with E-state index in [2.05, 4.69) is 73.1 Å². The summed E-state index contributed by atoms with van der Waals surface area (Å²) in [6, 6.07) is 43.3. The maximum absolute atomic E-state index is 14.1. The minimum Gasteiger partial charge on any atom is -0.465 e. The second-order valence-corrected chi connectivity index (χ2v) is 29.4. The Morgan fingerprint density at radius 2 is 1.48 bits per heavy atom. The van der Waals surface area contributed by atoms with Crippen LogP contribution in [0, 0.1) is 24.2 Å². The summed E-state index contributed by atoms with van der Waals surface area (Å²) in [5, 5.41) is 14.4. The molecule has 7 aromatic rings. The maximum atomic E-state index is 14.1. The van der Waals surface area contributed by atoms with E-state index in [-0.39, 0.29) is 55.5 Å². The highest BCUT2D eigenvalue weighted by Gasteiger charge is 2.55. The number of likely N-dealkylation sites (tertiary alicyclic amines) is 1. The third-order valence-corrected chi connectivity index (χ3v) is 22.7. The first kappa shape index (κ1) is 64.6. The van der Waals surface area contributed by atoms with Crippen molar-refractivity contribution in [2.24, 2.45) is 0 Å². The topological polar surface area (TPSA) is 224 Å². The van der Waals surface area contributed by atoms with Crippen molar-refractivity contribution in [3.63, 3.8) is 0 Å². The summed E-state index contributed by atoms with van der Waals surface area (Å²) < 4.78 is 40.1. The van der Waals surface area contributed by atoms with Gasteiger partial charge in [-0.05, 0) is 94.8 Å². The number of fused-ring (bicyclic) bond motifs is 6. The molecule has 0 aliphatic carbocycles. The molecular formula is C72H75N7O13Si. The fourth-order valence-corrected chi connectivity index (χ4v) is 17.6. The predicted octanol–water partition coefficient (Wildman–Crippen LogP) is 8.42. The van der Waals surface area contributed by atoms with Gasteiger partial charge >= 0.3 is 23.9 Å². The third-order valence-electron chi connectivity index (χ3n) is 17.7. The van der Waals surface area contributed by atoms with Crippen LogP contribution < -0.4 is 41.5 Å². The molecule has 1 aromatic heterocycles. The van der Waals surface area contributed by atoms with Gasteiger partial charge in [-0.2, -0.15) is 0 Å². The largest absolute Gasteiger partial charge is 0.508 e. The molecule has 3 N–H and O–H groups in total. The second-order valence-electron chi connectivity index (χ2n) is 25.1. The Labute approximate surface area is 541 Å². The van der Waals surface area contributed by atoms with Crippen LogP contribution in [0.1, 0.15) is 107 Å². The minimum absolute atomic E-state index is 0.0671. The Bertz CT molecular complexity index is 4090. The van der Waals surface area contributed by atoms with Gasteiger partial charge in [-0.15, -0.1) is 6.42 Å². The molecule has 4 atom stereocenters. The van der Waals surface area contributed by atoms with Crippen LogP contribution in [-0.4, -0.2) is 143 Å². The Hall–Kier alpha value is -9.90. The molecule has 1 unspecified atom stereocenters. The monoisotopic (exact) mass is 1270 g/mol. The van der Waals surface area contributed by atoms with Crippen molar-refractivity contribution in [3.05, 3.63) is 211 Å². The normalized spacial score (nSPS) is 17.8. The lowest BCUT2D eigenvalue weighted by molar-refractivity contribution is -0.0553. The van der Waals surface area contributed by atoms with Gasteiger partial charge in [0, 0.05) is 124 Å². The van der Waals surface area contributed by atoms with Gasteiger partial charge in [-0.25, -0.2) is 19.2 Å². The average Bonchev–Trinajstić information content (AvgIpc) is 1.61. The number of hydrogen-bond donors (Lipinski definition) is 3. The number of esters is 1. The molecule has 4 aliphatic heterocycles. The van der Waals surface area contributed by atoms with Crippen molar-refractivity contribution in [2.45, 2.75) is 88.1 Å². The molecule has 11 rings (SSSR count). The summed E-state index contributed by atoms with van der Waals surface area (Å²) in [5.41, 5.74) is 2.37. The Morgan fingerprint density at radius 1 is 0.828 bits per heavy atom. The molecule has 2 fully saturated rings. The lowest BCUT2D eigenvalue weighted by atomic mass is 9.77. The number of carbonyl (C=O) groups is 4. The van der Waals surface area contributed by atoms with E-state index in [1.165, 1.54) is 21.7 Å². The highest BCUT2D eigenvalue weighted by atomic mass is 28.4. The number of nitrogens with zero attached hydrogens (tertiary/aromatic N) is 5. The van der Waals surface area contributed by atoms with Crippen LogP contribution in [0.4, 0.5) is 21.0 Å². The van der Waals surface area contributed by atoms with Crippen LogP contribution >= 0.6 is 0 Å². The molecule has 6 aromatic carbocycles. The quantitative estimate of drug-likeness (QED) is 0.0417. The van der Waals surface area contributed by atoms with Crippen LogP contribution in [0.15, 0.2) is 155 Å². The van der Waals surface area contributed by atoms with Crippen molar-refractivity contribution in [1.82, 2.24) is 24.7 Å². The zero-order valence-corrected chi connectivity index (χ0v) is 54.1. The number of hydrogen-bond acceptors (Lipinski definition) is 15. The minimum atomic E-state index is -3.22. The molecule has 0 saturated carbocycles. The predicted molar refractivity (Wildman–Crippen MR) is 354 cm³/mol. The van der Waals surface area contributed by atoms with Crippen molar-refractivity contribution < 1.29 is 52.4 Å². The molecule has 93 heavy (non-hydrogen) atoms. The van der Waals surface area contributed by atoms with Gasteiger partial charge in [0.2, 0.25) is 0 Å². The number of benzene rings is 6. The Morgan fingerprint density at radius 3 is 2.10 bits per heavy atom. The Kier molecular flexibility index (Phi) is 18.8. The molecule has 20 nitrogen and oxygen atoms in total. The highest BCUT2D eigenvalue weighted by molar-refractivity contribution is 6.99. The van der Waals surface area contributed by atoms with Gasteiger partial charge in [0.1, 0.15) is 42.1 Å². The first-order chi connectivity index (χ1) is 44.7. The van der Waals surface area contributed by atoms with Gasteiger partial charge in [0.15, 0.2) is 5.60 Å². The highest BCUT2D eigenvalue weighted by Crippen LogP contribution is 2.57. The van der Waals surface area contributed by atoms with Crippen molar-refractivity contribution in [1.29, 1.82) is 0 Å². The first-order valence-corrected chi connectivity index (χ1v) is 32.9.